The number of amides is 1. The van der Waals surface area contributed by atoms with E-state index in [0.717, 1.165) is 28.7 Å². The van der Waals surface area contributed by atoms with Crippen LogP contribution in [-0.4, -0.2) is 26.3 Å². The maximum atomic E-state index is 12.9. The van der Waals surface area contributed by atoms with Gasteiger partial charge in [0.15, 0.2) is 0 Å². The van der Waals surface area contributed by atoms with Crippen LogP contribution in [0.2, 0.25) is 0 Å². The highest BCUT2D eigenvalue weighted by Crippen LogP contribution is 2.25. The van der Waals surface area contributed by atoms with Crippen LogP contribution in [0.1, 0.15) is 45.5 Å². The molecule has 1 atom stereocenters. The molecule has 2 heterocycles. The van der Waals surface area contributed by atoms with Crippen LogP contribution >= 0.6 is 0 Å². The van der Waals surface area contributed by atoms with Crippen molar-refractivity contribution in [2.45, 2.75) is 47.1 Å². The second kappa shape index (κ2) is 6.63. The Labute approximate surface area is 155 Å². The zero-order valence-corrected chi connectivity index (χ0v) is 16.8. The Balaban J connectivity index is 1.84. The number of rotatable bonds is 4. The molecule has 5 heteroatoms. The molecule has 0 bridgehead atoms. The number of carbonyl (C=O) groups is 1. The third-order valence-corrected chi connectivity index (χ3v) is 5.39. The summed E-state index contributed by atoms with van der Waals surface area (Å²) in [6, 6.07) is 6.25. The maximum absolute atomic E-state index is 12.9. The Hall–Kier alpha value is -2.56. The van der Waals surface area contributed by atoms with Crippen molar-refractivity contribution in [2.24, 2.45) is 14.1 Å². The van der Waals surface area contributed by atoms with Gasteiger partial charge in [-0.1, -0.05) is 12.1 Å². The number of nitrogens with zero attached hydrogens (tertiary/aromatic N) is 3. The maximum Gasteiger partial charge on any atom is 0.268 e. The Morgan fingerprint density at radius 1 is 1.15 bits per heavy atom. The van der Waals surface area contributed by atoms with Crippen molar-refractivity contribution in [3.63, 3.8) is 0 Å². The second-order valence-electron chi connectivity index (χ2n) is 7.40. The van der Waals surface area contributed by atoms with E-state index >= 15 is 0 Å². The molecule has 5 nitrogen and oxygen atoms in total. The standard InChI is InChI=1S/C21H28N4O/c1-12-8-9-13(2)20-17(12)11-19(24(20)6)21(26)22-14(3)10-18-15(4)23-25(7)16(18)5/h8-9,11,14H,10H2,1-7H3,(H,22,26)/t14-/m0/s1. The van der Waals surface area contributed by atoms with Crippen molar-refractivity contribution < 1.29 is 4.79 Å². The molecule has 3 aromatic rings. The molecule has 1 amide bonds. The fourth-order valence-corrected chi connectivity index (χ4v) is 3.78. The zero-order valence-electron chi connectivity index (χ0n) is 16.8. The van der Waals surface area contributed by atoms with Crippen LogP contribution in [-0.2, 0) is 20.5 Å². The SMILES string of the molecule is Cc1nn(C)c(C)c1C[C@H](C)NC(=O)c1cc2c(C)ccc(C)c2n1C. The smallest absolute Gasteiger partial charge is 0.268 e. The van der Waals surface area contributed by atoms with Crippen LogP contribution in [0.4, 0.5) is 0 Å². The molecule has 0 saturated carbocycles. The third-order valence-electron chi connectivity index (χ3n) is 5.39. The predicted octanol–water partition coefficient (Wildman–Crippen LogP) is 3.51. The summed E-state index contributed by atoms with van der Waals surface area (Å²) >= 11 is 0. The topological polar surface area (TPSA) is 51.9 Å². The molecule has 0 aliphatic carbocycles. The first kappa shape index (κ1) is 18.2. The van der Waals surface area contributed by atoms with Gasteiger partial charge < -0.3 is 9.88 Å². The lowest BCUT2D eigenvalue weighted by molar-refractivity contribution is 0.0932. The Bertz CT molecular complexity index is 994. The van der Waals surface area contributed by atoms with E-state index in [1.165, 1.54) is 16.7 Å². The van der Waals surface area contributed by atoms with E-state index in [1.807, 2.05) is 43.3 Å². The number of hydrogen-bond acceptors (Lipinski definition) is 2. The molecule has 0 radical (unpaired) electrons. The minimum Gasteiger partial charge on any atom is -0.348 e. The lowest BCUT2D eigenvalue weighted by atomic mass is 10.1. The number of benzene rings is 1. The van der Waals surface area contributed by atoms with Gasteiger partial charge in [0, 0.05) is 31.2 Å². The van der Waals surface area contributed by atoms with Gasteiger partial charge in [0.2, 0.25) is 0 Å². The Kier molecular flexibility index (Phi) is 4.65. The van der Waals surface area contributed by atoms with Crippen LogP contribution < -0.4 is 5.32 Å². The van der Waals surface area contributed by atoms with Crippen molar-refractivity contribution in [1.82, 2.24) is 19.7 Å². The van der Waals surface area contributed by atoms with Gasteiger partial charge in [0.25, 0.3) is 5.91 Å². The molecule has 0 saturated heterocycles. The molecule has 0 unspecified atom stereocenters. The molecule has 1 aromatic carbocycles. The molecular weight excluding hydrogens is 324 g/mol. The average molecular weight is 352 g/mol. The number of nitrogens with one attached hydrogen (secondary N) is 1. The molecular formula is C21H28N4O. The molecule has 138 valence electrons. The van der Waals surface area contributed by atoms with Crippen molar-refractivity contribution in [3.8, 4) is 0 Å². The van der Waals surface area contributed by atoms with Crippen molar-refractivity contribution in [1.29, 1.82) is 0 Å². The quantitative estimate of drug-likeness (QED) is 0.781. The highest BCUT2D eigenvalue weighted by atomic mass is 16.2. The normalized spacial score (nSPS) is 12.6. The summed E-state index contributed by atoms with van der Waals surface area (Å²) < 4.78 is 3.90. The van der Waals surface area contributed by atoms with E-state index in [4.69, 9.17) is 0 Å². The summed E-state index contributed by atoms with van der Waals surface area (Å²) in [5.41, 5.74) is 7.59. The molecule has 0 spiro atoms. The monoisotopic (exact) mass is 352 g/mol. The summed E-state index contributed by atoms with van der Waals surface area (Å²) in [4.78, 5) is 12.9. The van der Waals surface area contributed by atoms with Crippen molar-refractivity contribution in [2.75, 3.05) is 0 Å². The first-order valence-electron chi connectivity index (χ1n) is 9.06. The van der Waals surface area contributed by atoms with Crippen LogP contribution in [0.15, 0.2) is 18.2 Å². The Morgan fingerprint density at radius 2 is 1.81 bits per heavy atom. The number of aromatic nitrogens is 3. The van der Waals surface area contributed by atoms with E-state index in [0.29, 0.717) is 5.69 Å². The van der Waals surface area contributed by atoms with Gasteiger partial charge in [-0.15, -0.1) is 0 Å². The molecule has 3 rings (SSSR count). The van der Waals surface area contributed by atoms with E-state index < -0.39 is 0 Å². The molecule has 0 fully saturated rings. The first-order valence-corrected chi connectivity index (χ1v) is 9.06. The number of fused-ring (bicyclic) bond motifs is 1. The fraction of sp³-hybridized carbons (Fsp3) is 0.429. The van der Waals surface area contributed by atoms with Crippen LogP contribution in [0.5, 0.6) is 0 Å². The molecule has 0 aliphatic rings. The summed E-state index contributed by atoms with van der Waals surface area (Å²) in [6.45, 7) is 10.3. The van der Waals surface area contributed by atoms with Gasteiger partial charge in [-0.3, -0.25) is 9.48 Å². The lowest BCUT2D eigenvalue weighted by Gasteiger charge is -2.15. The van der Waals surface area contributed by atoms with E-state index in [9.17, 15) is 4.79 Å². The fourth-order valence-electron chi connectivity index (χ4n) is 3.78. The molecule has 26 heavy (non-hydrogen) atoms. The lowest BCUT2D eigenvalue weighted by Crippen LogP contribution is -2.35. The summed E-state index contributed by atoms with van der Waals surface area (Å²) in [5.74, 6) is -0.0332. The van der Waals surface area contributed by atoms with Gasteiger partial charge in [-0.25, -0.2) is 0 Å². The van der Waals surface area contributed by atoms with Gasteiger partial charge in [-0.2, -0.15) is 5.10 Å². The number of hydrogen-bond donors (Lipinski definition) is 1. The third kappa shape index (κ3) is 3.02. The first-order chi connectivity index (χ1) is 12.2. The van der Waals surface area contributed by atoms with Crippen LogP contribution in [0.3, 0.4) is 0 Å². The predicted molar refractivity (Wildman–Crippen MR) is 106 cm³/mol. The second-order valence-corrected chi connectivity index (χ2v) is 7.40. The van der Waals surface area contributed by atoms with Crippen molar-refractivity contribution >= 4 is 16.8 Å². The molecule has 2 aromatic heterocycles. The highest BCUT2D eigenvalue weighted by Gasteiger charge is 2.19. The minimum atomic E-state index is -0.0332. The van der Waals surface area contributed by atoms with Crippen LogP contribution in [0.25, 0.3) is 10.9 Å². The number of carbonyl (C=O) groups excluding carboxylic acids is 1. The van der Waals surface area contributed by atoms with E-state index in [1.54, 1.807) is 0 Å². The van der Waals surface area contributed by atoms with Gasteiger partial charge in [0.1, 0.15) is 5.69 Å². The van der Waals surface area contributed by atoms with Gasteiger partial charge in [0.05, 0.1) is 11.2 Å². The van der Waals surface area contributed by atoms with Crippen molar-refractivity contribution in [3.05, 3.63) is 52.0 Å². The van der Waals surface area contributed by atoms with Crippen LogP contribution in [0, 0.1) is 27.7 Å². The number of aryl methyl sites for hydroxylation is 5. The largest absolute Gasteiger partial charge is 0.348 e. The van der Waals surface area contributed by atoms with Gasteiger partial charge >= 0.3 is 0 Å². The molecule has 0 aliphatic heterocycles. The van der Waals surface area contributed by atoms with E-state index in [2.05, 4.69) is 43.3 Å². The summed E-state index contributed by atoms with van der Waals surface area (Å²) in [7, 11) is 3.92. The zero-order chi connectivity index (χ0) is 19.2. The minimum absolute atomic E-state index is 0.0318. The molecule has 1 N–H and O–H groups in total. The average Bonchev–Trinajstić information content (AvgIpc) is 3.04. The van der Waals surface area contributed by atoms with E-state index in [-0.39, 0.29) is 11.9 Å². The summed E-state index contributed by atoms with van der Waals surface area (Å²) in [6.07, 6.45) is 0.777. The Morgan fingerprint density at radius 3 is 2.38 bits per heavy atom. The van der Waals surface area contributed by atoms with Gasteiger partial charge in [-0.05, 0) is 63.8 Å². The highest BCUT2D eigenvalue weighted by molar-refractivity contribution is 6.00. The summed E-state index contributed by atoms with van der Waals surface area (Å²) in [5, 5.41) is 8.76.